The van der Waals surface area contributed by atoms with Gasteiger partial charge in [-0.05, 0) is 6.92 Å². The Balaban J connectivity index is 2.50. The Morgan fingerprint density at radius 3 is 2.53 bits per heavy atom. The van der Waals surface area contributed by atoms with Crippen LogP contribution in [0.25, 0.3) is 11.3 Å². The van der Waals surface area contributed by atoms with Crippen LogP contribution in [0.1, 0.15) is 28.9 Å². The van der Waals surface area contributed by atoms with Crippen molar-refractivity contribution >= 4 is 5.97 Å². The molecule has 0 aliphatic rings. The van der Waals surface area contributed by atoms with Crippen LogP contribution in [0, 0.1) is 6.92 Å². The molecule has 4 nitrogen and oxygen atoms in total. The molecule has 0 aliphatic heterocycles. The third-order valence-corrected chi connectivity index (χ3v) is 2.53. The van der Waals surface area contributed by atoms with Crippen molar-refractivity contribution in [3.8, 4) is 11.3 Å². The molecule has 88 valence electrons. The summed E-state index contributed by atoms with van der Waals surface area (Å²) in [6, 6.07) is 7.75. The summed E-state index contributed by atoms with van der Waals surface area (Å²) in [4.78, 5) is 14.8. The number of hydrogen-bond donors (Lipinski definition) is 1. The zero-order valence-corrected chi connectivity index (χ0v) is 9.73. The molecule has 1 N–H and O–H groups in total. The van der Waals surface area contributed by atoms with E-state index in [2.05, 4.69) is 4.98 Å². The number of aryl methyl sites for hydroxylation is 2. The molecular formula is C13H13NO3. The summed E-state index contributed by atoms with van der Waals surface area (Å²) in [6.07, 6.45) is 0.615. The fraction of sp³-hybridized carbons (Fsp3) is 0.231. The van der Waals surface area contributed by atoms with Crippen LogP contribution in [0.5, 0.6) is 0 Å². The minimum atomic E-state index is -1.14. The molecule has 0 spiro atoms. The number of aromatic carboxylic acids is 1. The summed E-state index contributed by atoms with van der Waals surface area (Å²) in [6.45, 7) is 3.90. The molecule has 1 aromatic carbocycles. The highest BCUT2D eigenvalue weighted by Crippen LogP contribution is 2.24. The van der Waals surface area contributed by atoms with E-state index in [9.17, 15) is 4.79 Å². The lowest BCUT2D eigenvalue weighted by molar-refractivity contribution is 0.0652. The average Bonchev–Trinajstić information content (AvgIpc) is 2.74. The average molecular weight is 231 g/mol. The molecule has 0 saturated carbocycles. The largest absolute Gasteiger partial charge is 0.474 e. The van der Waals surface area contributed by atoms with E-state index < -0.39 is 5.97 Å². The van der Waals surface area contributed by atoms with Crippen LogP contribution in [-0.4, -0.2) is 16.1 Å². The number of oxazole rings is 1. The van der Waals surface area contributed by atoms with Crippen molar-refractivity contribution in [2.75, 3.05) is 0 Å². The van der Waals surface area contributed by atoms with Crippen LogP contribution in [0.3, 0.4) is 0 Å². The van der Waals surface area contributed by atoms with Crippen LogP contribution < -0.4 is 0 Å². The van der Waals surface area contributed by atoms with E-state index in [0.717, 1.165) is 11.1 Å². The van der Waals surface area contributed by atoms with Crippen molar-refractivity contribution < 1.29 is 14.3 Å². The Kier molecular flexibility index (Phi) is 2.95. The van der Waals surface area contributed by atoms with E-state index in [1.807, 2.05) is 38.1 Å². The van der Waals surface area contributed by atoms with Crippen LogP contribution in [-0.2, 0) is 6.42 Å². The summed E-state index contributed by atoms with van der Waals surface area (Å²) in [7, 11) is 0. The van der Waals surface area contributed by atoms with E-state index >= 15 is 0 Å². The normalized spacial score (nSPS) is 10.5. The molecule has 2 aromatic rings. The Labute approximate surface area is 98.9 Å². The number of carbonyl (C=O) groups is 1. The Morgan fingerprint density at radius 1 is 1.35 bits per heavy atom. The first-order chi connectivity index (χ1) is 8.11. The van der Waals surface area contributed by atoms with Gasteiger partial charge in [0.05, 0.1) is 0 Å². The first kappa shape index (κ1) is 11.4. The lowest BCUT2D eigenvalue weighted by Gasteiger charge is -1.99. The van der Waals surface area contributed by atoms with E-state index in [4.69, 9.17) is 9.52 Å². The summed E-state index contributed by atoms with van der Waals surface area (Å²) in [5, 5.41) is 8.85. The van der Waals surface area contributed by atoms with Gasteiger partial charge < -0.3 is 9.52 Å². The molecule has 0 atom stereocenters. The van der Waals surface area contributed by atoms with Gasteiger partial charge in [0.2, 0.25) is 0 Å². The Morgan fingerprint density at radius 2 is 2.00 bits per heavy atom. The lowest BCUT2D eigenvalue weighted by atomic mass is 10.1. The fourth-order valence-corrected chi connectivity index (χ4v) is 1.62. The molecule has 0 aliphatic carbocycles. The predicted octanol–water partition coefficient (Wildman–Crippen LogP) is 2.91. The van der Waals surface area contributed by atoms with Crippen molar-refractivity contribution in [2.45, 2.75) is 20.3 Å². The van der Waals surface area contributed by atoms with E-state index in [1.165, 1.54) is 0 Å². The minimum absolute atomic E-state index is 0.252. The topological polar surface area (TPSA) is 63.3 Å². The van der Waals surface area contributed by atoms with Crippen LogP contribution >= 0.6 is 0 Å². The number of aromatic nitrogens is 1. The Bertz CT molecular complexity index is 540. The van der Waals surface area contributed by atoms with Crippen LogP contribution in [0.4, 0.5) is 0 Å². The smallest absolute Gasteiger partial charge is 0.392 e. The molecule has 0 saturated heterocycles. The highest BCUT2D eigenvalue weighted by molar-refractivity contribution is 5.83. The van der Waals surface area contributed by atoms with E-state index in [1.54, 1.807) is 0 Å². The van der Waals surface area contributed by atoms with Gasteiger partial charge in [-0.2, -0.15) is 0 Å². The SMILES string of the molecule is CCc1oc(C(=O)O)nc1-c1ccc(C)cc1. The number of nitrogens with zero attached hydrogens (tertiary/aromatic N) is 1. The van der Waals surface area contributed by atoms with Gasteiger partial charge in [0, 0.05) is 12.0 Å². The number of carboxylic acid groups (broad SMARTS) is 1. The van der Waals surface area contributed by atoms with Crippen molar-refractivity contribution in [1.82, 2.24) is 4.98 Å². The van der Waals surface area contributed by atoms with Crippen molar-refractivity contribution in [3.05, 3.63) is 41.5 Å². The monoisotopic (exact) mass is 231 g/mol. The van der Waals surface area contributed by atoms with Gasteiger partial charge in [0.15, 0.2) is 0 Å². The molecule has 0 amide bonds. The maximum atomic E-state index is 10.8. The highest BCUT2D eigenvalue weighted by atomic mass is 16.4. The van der Waals surface area contributed by atoms with Gasteiger partial charge in [-0.15, -0.1) is 0 Å². The number of benzene rings is 1. The predicted molar refractivity (Wildman–Crippen MR) is 63.0 cm³/mol. The van der Waals surface area contributed by atoms with Gasteiger partial charge in [-0.25, -0.2) is 9.78 Å². The molecule has 2 rings (SSSR count). The highest BCUT2D eigenvalue weighted by Gasteiger charge is 2.17. The van der Waals surface area contributed by atoms with Crippen molar-refractivity contribution in [2.24, 2.45) is 0 Å². The molecule has 1 aromatic heterocycles. The van der Waals surface area contributed by atoms with Gasteiger partial charge in [-0.3, -0.25) is 0 Å². The second-order valence-electron chi connectivity index (χ2n) is 3.82. The molecule has 1 heterocycles. The van der Waals surface area contributed by atoms with Crippen LogP contribution in [0.2, 0.25) is 0 Å². The third-order valence-electron chi connectivity index (χ3n) is 2.53. The second kappa shape index (κ2) is 4.41. The van der Waals surface area contributed by atoms with Gasteiger partial charge in [0.1, 0.15) is 11.5 Å². The summed E-state index contributed by atoms with van der Waals surface area (Å²) in [5.74, 6) is -0.790. The first-order valence-corrected chi connectivity index (χ1v) is 5.42. The lowest BCUT2D eigenvalue weighted by Crippen LogP contribution is -1.95. The zero-order chi connectivity index (χ0) is 12.4. The summed E-state index contributed by atoms with van der Waals surface area (Å²) >= 11 is 0. The standard InChI is InChI=1S/C13H13NO3/c1-3-10-11(14-12(17-10)13(15)16)9-6-4-8(2)5-7-9/h4-7H,3H2,1-2H3,(H,15,16). The van der Waals surface area contributed by atoms with Gasteiger partial charge >= 0.3 is 11.9 Å². The Hall–Kier alpha value is -2.10. The molecule has 0 fully saturated rings. The third kappa shape index (κ3) is 2.20. The second-order valence-corrected chi connectivity index (χ2v) is 3.82. The maximum absolute atomic E-state index is 10.8. The number of rotatable bonds is 3. The van der Waals surface area contributed by atoms with Crippen molar-refractivity contribution in [1.29, 1.82) is 0 Å². The fourth-order valence-electron chi connectivity index (χ4n) is 1.62. The van der Waals surface area contributed by atoms with Crippen LogP contribution in [0.15, 0.2) is 28.7 Å². The quantitative estimate of drug-likeness (QED) is 0.882. The van der Waals surface area contributed by atoms with E-state index in [0.29, 0.717) is 17.9 Å². The molecular weight excluding hydrogens is 218 g/mol. The summed E-state index contributed by atoms with van der Waals surface area (Å²) in [5.41, 5.74) is 2.64. The zero-order valence-electron chi connectivity index (χ0n) is 9.73. The number of carboxylic acids is 1. The summed E-state index contributed by atoms with van der Waals surface area (Å²) < 4.78 is 5.20. The minimum Gasteiger partial charge on any atom is -0.474 e. The molecule has 4 heteroatoms. The molecule has 0 radical (unpaired) electrons. The van der Waals surface area contributed by atoms with E-state index in [-0.39, 0.29) is 5.89 Å². The molecule has 0 bridgehead atoms. The first-order valence-electron chi connectivity index (χ1n) is 5.42. The molecule has 17 heavy (non-hydrogen) atoms. The maximum Gasteiger partial charge on any atom is 0.392 e. The van der Waals surface area contributed by atoms with Gasteiger partial charge in [0.25, 0.3) is 0 Å². The molecule has 0 unspecified atom stereocenters. The number of hydrogen-bond acceptors (Lipinski definition) is 3. The van der Waals surface area contributed by atoms with Crippen molar-refractivity contribution in [3.63, 3.8) is 0 Å². The van der Waals surface area contributed by atoms with Gasteiger partial charge in [-0.1, -0.05) is 36.8 Å².